The average Bonchev–Trinajstić information content (AvgIpc) is 2.96. The predicted molar refractivity (Wildman–Crippen MR) is 90.1 cm³/mol. The van der Waals surface area contributed by atoms with E-state index in [-0.39, 0.29) is 12.1 Å². The fourth-order valence-corrected chi connectivity index (χ4v) is 5.54. The number of nitrogens with zero attached hydrogens (tertiary/aromatic N) is 2. The number of piperidine rings is 1. The first-order valence-electron chi connectivity index (χ1n) is 8.47. The summed E-state index contributed by atoms with van der Waals surface area (Å²) >= 11 is 0. The molecule has 144 valence electrons. The lowest BCUT2D eigenvalue weighted by Crippen LogP contribution is -2.58. The van der Waals surface area contributed by atoms with Gasteiger partial charge in [-0.25, -0.2) is 8.42 Å². The quantitative estimate of drug-likeness (QED) is 0.780. The number of carbonyl (C=O) groups excluding carboxylic acids is 1. The lowest BCUT2D eigenvalue weighted by Gasteiger charge is -2.44. The van der Waals surface area contributed by atoms with E-state index in [2.05, 4.69) is 0 Å². The minimum atomic E-state index is -4.52. The van der Waals surface area contributed by atoms with Crippen LogP contribution in [0, 0.1) is 0 Å². The molecule has 1 atom stereocenters. The van der Waals surface area contributed by atoms with Crippen molar-refractivity contribution in [2.45, 2.75) is 37.4 Å². The first kappa shape index (κ1) is 19.2. The topological polar surface area (TPSA) is 57.7 Å². The Morgan fingerprint density at radius 1 is 1.15 bits per heavy atom. The molecule has 5 nitrogen and oxygen atoms in total. The molecule has 2 aliphatic heterocycles. The number of alkyl halides is 3. The summed E-state index contributed by atoms with van der Waals surface area (Å²) in [5.41, 5.74) is -1.53. The van der Waals surface area contributed by atoms with Gasteiger partial charge in [0.25, 0.3) is 5.91 Å². The first-order valence-corrected chi connectivity index (χ1v) is 10.3. The van der Waals surface area contributed by atoms with Gasteiger partial charge in [-0.2, -0.15) is 17.5 Å². The molecule has 1 aromatic carbocycles. The van der Waals surface area contributed by atoms with Gasteiger partial charge in [0, 0.05) is 25.2 Å². The molecule has 0 radical (unpaired) electrons. The summed E-state index contributed by atoms with van der Waals surface area (Å²) < 4.78 is 64.4. The molecule has 2 saturated heterocycles. The zero-order chi connectivity index (χ0) is 19.2. The Balaban J connectivity index is 1.85. The monoisotopic (exact) mass is 390 g/mol. The number of hydrogen-bond acceptors (Lipinski definition) is 3. The van der Waals surface area contributed by atoms with Crippen LogP contribution >= 0.6 is 0 Å². The Morgan fingerprint density at radius 3 is 2.42 bits per heavy atom. The summed E-state index contributed by atoms with van der Waals surface area (Å²) in [6.45, 7) is 1.05. The Hall–Kier alpha value is -1.61. The van der Waals surface area contributed by atoms with Crippen molar-refractivity contribution in [2.75, 3.05) is 25.9 Å². The molecule has 2 aliphatic rings. The Bertz CT molecular complexity index is 810. The van der Waals surface area contributed by atoms with Gasteiger partial charge < -0.3 is 4.90 Å². The number of benzene rings is 1. The normalized spacial score (nSPS) is 25.0. The van der Waals surface area contributed by atoms with Crippen LogP contribution in [0.4, 0.5) is 13.2 Å². The molecule has 2 fully saturated rings. The second-order valence-electron chi connectivity index (χ2n) is 7.07. The molecule has 9 heteroatoms. The van der Waals surface area contributed by atoms with Crippen molar-refractivity contribution in [2.24, 2.45) is 0 Å². The third-order valence-electron chi connectivity index (χ3n) is 5.21. The minimum absolute atomic E-state index is 0.0271. The summed E-state index contributed by atoms with van der Waals surface area (Å²) in [7, 11) is -3.40. The molecule has 0 saturated carbocycles. The summed E-state index contributed by atoms with van der Waals surface area (Å²) in [5.74, 6) is -0.490. The Kier molecular flexibility index (Phi) is 4.81. The molecule has 26 heavy (non-hydrogen) atoms. The van der Waals surface area contributed by atoms with Gasteiger partial charge in [0.15, 0.2) is 0 Å². The molecule has 1 spiro atoms. The summed E-state index contributed by atoms with van der Waals surface area (Å²) in [5, 5.41) is 0. The lowest BCUT2D eigenvalue weighted by atomic mass is 9.87. The number of halogens is 3. The molecule has 1 aromatic rings. The van der Waals surface area contributed by atoms with Gasteiger partial charge in [-0.1, -0.05) is 6.07 Å². The molecule has 0 bridgehead atoms. The smallest absolute Gasteiger partial charge is 0.337 e. The van der Waals surface area contributed by atoms with Gasteiger partial charge in [0.2, 0.25) is 10.0 Å². The van der Waals surface area contributed by atoms with Gasteiger partial charge in [-0.3, -0.25) is 4.79 Å². The number of carbonyl (C=O) groups is 1. The summed E-state index contributed by atoms with van der Waals surface area (Å²) in [6.07, 6.45) is -0.695. The van der Waals surface area contributed by atoms with E-state index in [4.69, 9.17) is 0 Å². The third-order valence-corrected chi connectivity index (χ3v) is 6.58. The maximum Gasteiger partial charge on any atom is 0.416 e. The van der Waals surface area contributed by atoms with Crippen LogP contribution in [-0.2, 0) is 16.2 Å². The van der Waals surface area contributed by atoms with Crippen molar-refractivity contribution in [1.82, 2.24) is 9.21 Å². The highest BCUT2D eigenvalue weighted by Gasteiger charge is 2.48. The largest absolute Gasteiger partial charge is 0.416 e. The van der Waals surface area contributed by atoms with Crippen molar-refractivity contribution in [3.8, 4) is 0 Å². The number of hydrogen-bond donors (Lipinski definition) is 0. The second kappa shape index (κ2) is 6.53. The van der Waals surface area contributed by atoms with Crippen molar-refractivity contribution in [3.05, 3.63) is 35.4 Å². The van der Waals surface area contributed by atoms with E-state index in [0.717, 1.165) is 24.8 Å². The highest BCUT2D eigenvalue weighted by atomic mass is 32.2. The average molecular weight is 390 g/mol. The Labute approximate surface area is 150 Å². The number of sulfonamides is 1. The van der Waals surface area contributed by atoms with Crippen molar-refractivity contribution in [1.29, 1.82) is 0 Å². The Morgan fingerprint density at radius 2 is 1.81 bits per heavy atom. The summed E-state index contributed by atoms with van der Waals surface area (Å²) in [6, 6.07) is 4.36. The zero-order valence-electron chi connectivity index (χ0n) is 14.4. The molecule has 1 amide bonds. The standard InChI is InChI=1S/C17H21F3N2O3S/c1-26(24,25)22-10-4-8-16(22)7-3-9-21(12-16)15(23)13-5-2-6-14(11-13)17(18,19)20/h2,5-6,11H,3-4,7-10,12H2,1H3. The lowest BCUT2D eigenvalue weighted by molar-refractivity contribution is -0.137. The maximum atomic E-state index is 12.9. The zero-order valence-corrected chi connectivity index (χ0v) is 15.2. The van der Waals surface area contributed by atoms with E-state index in [9.17, 15) is 26.4 Å². The van der Waals surface area contributed by atoms with Crippen molar-refractivity contribution in [3.63, 3.8) is 0 Å². The number of likely N-dealkylation sites (tertiary alicyclic amines) is 1. The molecule has 0 aromatic heterocycles. The van der Waals surface area contributed by atoms with E-state index in [1.807, 2.05) is 0 Å². The van der Waals surface area contributed by atoms with Crippen LogP contribution < -0.4 is 0 Å². The van der Waals surface area contributed by atoms with E-state index in [1.165, 1.54) is 21.3 Å². The van der Waals surface area contributed by atoms with Crippen LogP contribution in [-0.4, -0.2) is 55.0 Å². The second-order valence-corrected chi connectivity index (χ2v) is 8.98. The van der Waals surface area contributed by atoms with Gasteiger partial charge in [0.1, 0.15) is 0 Å². The van der Waals surface area contributed by atoms with Gasteiger partial charge in [0.05, 0.1) is 17.4 Å². The number of rotatable bonds is 2. The van der Waals surface area contributed by atoms with Crippen LogP contribution in [0.15, 0.2) is 24.3 Å². The van der Waals surface area contributed by atoms with E-state index in [1.54, 1.807) is 0 Å². The molecule has 3 rings (SSSR count). The fraction of sp³-hybridized carbons (Fsp3) is 0.588. The first-order chi connectivity index (χ1) is 12.0. The van der Waals surface area contributed by atoms with Crippen LogP contribution in [0.3, 0.4) is 0 Å². The fourth-order valence-electron chi connectivity index (χ4n) is 4.14. The highest BCUT2D eigenvalue weighted by molar-refractivity contribution is 7.88. The third kappa shape index (κ3) is 3.59. The summed E-state index contributed by atoms with van der Waals surface area (Å²) in [4.78, 5) is 14.3. The van der Waals surface area contributed by atoms with Gasteiger partial charge >= 0.3 is 6.18 Å². The maximum absolute atomic E-state index is 12.9. The molecule has 1 unspecified atom stereocenters. The minimum Gasteiger partial charge on any atom is -0.337 e. The SMILES string of the molecule is CS(=O)(=O)N1CCCC12CCCN(C(=O)c1cccc(C(F)(F)F)c1)C2. The molecule has 0 N–H and O–H groups in total. The molecular formula is C17H21F3N2O3S. The van der Waals surface area contributed by atoms with Crippen molar-refractivity contribution < 1.29 is 26.4 Å². The number of amides is 1. The van der Waals surface area contributed by atoms with E-state index in [0.29, 0.717) is 32.4 Å². The van der Waals surface area contributed by atoms with Gasteiger partial charge in [-0.05, 0) is 43.9 Å². The van der Waals surface area contributed by atoms with Crippen LogP contribution in [0.2, 0.25) is 0 Å². The van der Waals surface area contributed by atoms with Gasteiger partial charge in [-0.15, -0.1) is 0 Å². The van der Waals surface area contributed by atoms with Crippen molar-refractivity contribution >= 4 is 15.9 Å². The highest BCUT2D eigenvalue weighted by Crippen LogP contribution is 2.39. The molecular weight excluding hydrogens is 369 g/mol. The molecule has 2 heterocycles. The van der Waals surface area contributed by atoms with Crippen LogP contribution in [0.1, 0.15) is 41.6 Å². The molecule has 0 aliphatic carbocycles. The van der Waals surface area contributed by atoms with E-state index < -0.39 is 33.2 Å². The van der Waals surface area contributed by atoms with E-state index >= 15 is 0 Å². The predicted octanol–water partition coefficient (Wildman–Crippen LogP) is 2.74. The van der Waals surface area contributed by atoms with Crippen LogP contribution in [0.25, 0.3) is 0 Å². The van der Waals surface area contributed by atoms with Crippen LogP contribution in [0.5, 0.6) is 0 Å².